The third-order valence-electron chi connectivity index (χ3n) is 3.69. The number of rotatable bonds is 3. The Morgan fingerprint density at radius 3 is 2.74 bits per heavy atom. The summed E-state index contributed by atoms with van der Waals surface area (Å²) < 4.78 is 19.2. The van der Waals surface area contributed by atoms with Crippen molar-refractivity contribution in [3.05, 3.63) is 34.1 Å². The summed E-state index contributed by atoms with van der Waals surface area (Å²) in [5.41, 5.74) is 0.0803. The second-order valence-electron chi connectivity index (χ2n) is 6.77. The molecule has 0 bridgehead atoms. The lowest BCUT2D eigenvalue weighted by Crippen LogP contribution is -2.36. The van der Waals surface area contributed by atoms with Gasteiger partial charge in [-0.2, -0.15) is 0 Å². The quantitative estimate of drug-likeness (QED) is 0.790. The Hall–Kier alpha value is -1.43. The number of amides is 1. The molecule has 1 amide bonds. The highest BCUT2D eigenvalue weighted by Crippen LogP contribution is 2.25. The maximum absolute atomic E-state index is 13.5. The highest BCUT2D eigenvalue weighted by atomic mass is 79.9. The molecule has 6 heteroatoms. The van der Waals surface area contributed by atoms with Crippen LogP contribution in [0.25, 0.3) is 0 Å². The van der Waals surface area contributed by atoms with Crippen LogP contribution < -0.4 is 0 Å². The largest absolute Gasteiger partial charge is 0.444 e. The number of hydrogen-bond acceptors (Lipinski definition) is 3. The number of likely N-dealkylation sites (tertiary alicyclic amines) is 1. The number of benzene rings is 1. The normalized spacial score (nSPS) is 18.1. The van der Waals surface area contributed by atoms with Gasteiger partial charge in [0.2, 0.25) is 0 Å². The molecule has 126 valence electrons. The van der Waals surface area contributed by atoms with Crippen LogP contribution in [0.1, 0.15) is 32.8 Å². The van der Waals surface area contributed by atoms with E-state index in [1.807, 2.05) is 20.8 Å². The molecule has 1 aliphatic rings. The van der Waals surface area contributed by atoms with Gasteiger partial charge in [0, 0.05) is 25.4 Å². The van der Waals surface area contributed by atoms with Crippen molar-refractivity contribution in [1.82, 2.24) is 4.90 Å². The van der Waals surface area contributed by atoms with Crippen LogP contribution >= 0.6 is 15.9 Å². The van der Waals surface area contributed by atoms with Crippen LogP contribution in [0.5, 0.6) is 0 Å². The van der Waals surface area contributed by atoms with Crippen LogP contribution in [0, 0.1) is 11.7 Å². The zero-order valence-corrected chi connectivity index (χ0v) is 15.2. The van der Waals surface area contributed by atoms with E-state index in [9.17, 15) is 14.0 Å². The van der Waals surface area contributed by atoms with E-state index < -0.39 is 5.60 Å². The number of ketones is 1. The van der Waals surface area contributed by atoms with E-state index in [1.165, 1.54) is 6.07 Å². The first-order valence-electron chi connectivity index (χ1n) is 7.61. The van der Waals surface area contributed by atoms with Gasteiger partial charge in [-0.3, -0.25) is 4.79 Å². The molecule has 1 fully saturated rings. The Bertz CT molecular complexity index is 612. The molecular weight excluding hydrogens is 365 g/mol. The number of halogens is 2. The van der Waals surface area contributed by atoms with Crippen molar-refractivity contribution in [2.24, 2.45) is 5.92 Å². The van der Waals surface area contributed by atoms with Gasteiger partial charge in [0.25, 0.3) is 0 Å². The molecule has 4 nitrogen and oxygen atoms in total. The lowest BCUT2D eigenvalue weighted by atomic mass is 9.97. The topological polar surface area (TPSA) is 46.6 Å². The predicted octanol–water partition coefficient (Wildman–Crippen LogP) is 3.96. The van der Waals surface area contributed by atoms with Crippen molar-refractivity contribution < 1.29 is 18.7 Å². The lowest BCUT2D eigenvalue weighted by molar-refractivity contribution is -0.121. The average molecular weight is 386 g/mol. The molecule has 1 aromatic carbocycles. The highest BCUT2D eigenvalue weighted by molar-refractivity contribution is 9.10. The third kappa shape index (κ3) is 4.77. The van der Waals surface area contributed by atoms with Crippen LogP contribution in [0.4, 0.5) is 9.18 Å². The van der Waals surface area contributed by atoms with E-state index >= 15 is 0 Å². The average Bonchev–Trinajstić information content (AvgIpc) is 2.92. The molecule has 1 heterocycles. The van der Waals surface area contributed by atoms with E-state index in [2.05, 4.69) is 15.9 Å². The van der Waals surface area contributed by atoms with Crippen molar-refractivity contribution >= 4 is 27.8 Å². The molecule has 1 atom stereocenters. The van der Waals surface area contributed by atoms with Crippen LogP contribution in [-0.2, 0) is 16.0 Å². The van der Waals surface area contributed by atoms with Gasteiger partial charge in [-0.1, -0.05) is 12.1 Å². The van der Waals surface area contributed by atoms with Crippen molar-refractivity contribution in [1.29, 1.82) is 0 Å². The number of hydrogen-bond donors (Lipinski definition) is 0. The summed E-state index contributed by atoms with van der Waals surface area (Å²) >= 11 is 3.17. The summed E-state index contributed by atoms with van der Waals surface area (Å²) in [5, 5.41) is 0. The number of nitrogens with zero attached hydrogens (tertiary/aromatic N) is 1. The standard InChI is InChI=1S/C17H21BrFNO3/c1-17(2,3)23-16(22)20-8-7-12(10-20)14(21)9-11-5-4-6-13(19)15(11)18/h4-6,12H,7-10H2,1-3H3. The Morgan fingerprint density at radius 1 is 1.39 bits per heavy atom. The van der Waals surface area contributed by atoms with Crippen LogP contribution in [0.2, 0.25) is 0 Å². The molecule has 0 saturated carbocycles. The van der Waals surface area contributed by atoms with Gasteiger partial charge in [-0.25, -0.2) is 9.18 Å². The van der Waals surface area contributed by atoms with Gasteiger partial charge < -0.3 is 9.64 Å². The first-order valence-corrected chi connectivity index (χ1v) is 8.40. The molecule has 0 spiro atoms. The van der Waals surface area contributed by atoms with E-state index in [4.69, 9.17) is 4.74 Å². The predicted molar refractivity (Wildman–Crippen MR) is 88.7 cm³/mol. The smallest absolute Gasteiger partial charge is 0.410 e. The SMILES string of the molecule is CC(C)(C)OC(=O)N1CCC(C(=O)Cc2cccc(F)c2Br)C1. The van der Waals surface area contributed by atoms with Crippen LogP contribution in [0.3, 0.4) is 0 Å². The number of carbonyl (C=O) groups excluding carboxylic acids is 2. The number of ether oxygens (including phenoxy) is 1. The molecule has 1 saturated heterocycles. The number of Topliss-reactive ketones (excluding diaryl/α,β-unsaturated/α-hetero) is 1. The van der Waals surface area contributed by atoms with Gasteiger partial charge in [0.05, 0.1) is 4.47 Å². The van der Waals surface area contributed by atoms with Crippen molar-refractivity contribution in [3.63, 3.8) is 0 Å². The van der Waals surface area contributed by atoms with Crippen molar-refractivity contribution in [2.45, 2.75) is 39.2 Å². The third-order valence-corrected chi connectivity index (χ3v) is 4.58. The minimum Gasteiger partial charge on any atom is -0.444 e. The molecule has 23 heavy (non-hydrogen) atoms. The minimum absolute atomic E-state index is 0.0161. The summed E-state index contributed by atoms with van der Waals surface area (Å²) in [6.45, 7) is 6.30. The van der Waals surface area contributed by atoms with Crippen molar-refractivity contribution in [2.75, 3.05) is 13.1 Å². The van der Waals surface area contributed by atoms with Crippen LogP contribution in [-0.4, -0.2) is 35.5 Å². The fourth-order valence-corrected chi connectivity index (χ4v) is 2.94. The molecule has 0 aromatic heterocycles. The fraction of sp³-hybridized carbons (Fsp3) is 0.529. The molecule has 0 aliphatic carbocycles. The van der Waals surface area contributed by atoms with Crippen molar-refractivity contribution in [3.8, 4) is 0 Å². The molecule has 1 aliphatic heterocycles. The Balaban J connectivity index is 1.95. The summed E-state index contributed by atoms with van der Waals surface area (Å²) in [5.74, 6) is -0.586. The summed E-state index contributed by atoms with van der Waals surface area (Å²) in [7, 11) is 0. The molecule has 1 aromatic rings. The Kier molecular flexibility index (Phi) is 5.45. The summed E-state index contributed by atoms with van der Waals surface area (Å²) in [4.78, 5) is 26.0. The van der Waals surface area contributed by atoms with Gasteiger partial charge in [0.15, 0.2) is 0 Å². The van der Waals surface area contributed by atoms with Gasteiger partial charge >= 0.3 is 6.09 Å². The molecule has 0 N–H and O–H groups in total. The zero-order valence-electron chi connectivity index (χ0n) is 13.6. The van der Waals surface area contributed by atoms with E-state index in [1.54, 1.807) is 17.0 Å². The summed E-state index contributed by atoms with van der Waals surface area (Å²) in [6.07, 6.45) is 0.385. The second-order valence-corrected chi connectivity index (χ2v) is 7.56. The van der Waals surface area contributed by atoms with Gasteiger partial charge in [-0.05, 0) is 54.8 Å². The highest BCUT2D eigenvalue weighted by Gasteiger charge is 2.33. The molecule has 2 rings (SSSR count). The monoisotopic (exact) mass is 385 g/mol. The van der Waals surface area contributed by atoms with E-state index in [-0.39, 0.29) is 30.0 Å². The summed E-state index contributed by atoms with van der Waals surface area (Å²) in [6, 6.07) is 4.66. The second kappa shape index (κ2) is 6.99. The number of carbonyl (C=O) groups is 2. The molecule has 1 unspecified atom stereocenters. The Morgan fingerprint density at radius 2 is 2.09 bits per heavy atom. The Labute approximate surface area is 144 Å². The first kappa shape index (κ1) is 17.9. The minimum atomic E-state index is -0.550. The van der Waals surface area contributed by atoms with Gasteiger partial charge in [0.1, 0.15) is 17.2 Å². The fourth-order valence-electron chi connectivity index (χ4n) is 2.53. The molecule has 0 radical (unpaired) electrons. The maximum Gasteiger partial charge on any atom is 0.410 e. The molecular formula is C17H21BrFNO3. The lowest BCUT2D eigenvalue weighted by Gasteiger charge is -2.24. The van der Waals surface area contributed by atoms with Crippen LogP contribution in [0.15, 0.2) is 22.7 Å². The first-order chi connectivity index (χ1) is 10.7. The van der Waals surface area contributed by atoms with E-state index in [0.29, 0.717) is 29.5 Å². The van der Waals surface area contributed by atoms with E-state index in [0.717, 1.165) is 0 Å². The maximum atomic E-state index is 13.5. The van der Waals surface area contributed by atoms with Gasteiger partial charge in [-0.15, -0.1) is 0 Å². The zero-order chi connectivity index (χ0) is 17.2.